The maximum Gasteiger partial charge on any atom is 0.220 e. The Balaban J connectivity index is 2.27. The number of nitrogens with two attached hydrogens (primary N) is 1. The molecule has 3 N–H and O–H groups in total. The second-order valence-corrected chi connectivity index (χ2v) is 4.65. The van der Waals surface area contributed by atoms with Gasteiger partial charge in [-0.2, -0.15) is 0 Å². The van der Waals surface area contributed by atoms with Gasteiger partial charge in [-0.25, -0.2) is 4.98 Å². The predicted octanol–water partition coefficient (Wildman–Crippen LogP) is 3.26. The Kier molecular flexibility index (Phi) is 4.77. The molecule has 0 aliphatic heterocycles. The number of rotatable bonds is 6. The molecular weight excluding hydrogens is 266 g/mol. The van der Waals surface area contributed by atoms with Gasteiger partial charge in [-0.3, -0.25) is 5.41 Å². The van der Waals surface area contributed by atoms with Crippen molar-refractivity contribution >= 4 is 5.84 Å². The number of nitrogens with zero attached hydrogens (tertiary/aromatic N) is 1. The molecule has 0 radical (unpaired) electrons. The van der Waals surface area contributed by atoms with Gasteiger partial charge in [-0.1, -0.05) is 19.1 Å². The first-order valence-corrected chi connectivity index (χ1v) is 6.83. The van der Waals surface area contributed by atoms with Crippen LogP contribution in [0.4, 0.5) is 0 Å². The summed E-state index contributed by atoms with van der Waals surface area (Å²) < 4.78 is 11.4. The van der Waals surface area contributed by atoms with Crippen molar-refractivity contribution in [2.24, 2.45) is 5.73 Å². The number of hydrogen-bond acceptors (Lipinski definition) is 4. The van der Waals surface area contributed by atoms with Crippen LogP contribution in [0.1, 0.15) is 24.6 Å². The third kappa shape index (κ3) is 3.95. The highest BCUT2D eigenvalue weighted by Gasteiger charge is 2.09. The second-order valence-electron chi connectivity index (χ2n) is 4.65. The molecule has 5 nitrogen and oxygen atoms in total. The molecule has 1 aromatic heterocycles. The first kappa shape index (κ1) is 14.8. The molecule has 0 aliphatic carbocycles. The summed E-state index contributed by atoms with van der Waals surface area (Å²) in [6, 6.07) is 10.8. The SMILES string of the molecule is CCCOc1ccccc1Oc1cc(C(=N)N)cc(C)n1. The molecule has 21 heavy (non-hydrogen) atoms. The third-order valence-corrected chi connectivity index (χ3v) is 2.77. The number of pyridine rings is 1. The molecule has 0 saturated carbocycles. The number of nitrogens with one attached hydrogen (secondary N) is 1. The lowest BCUT2D eigenvalue weighted by Crippen LogP contribution is -2.11. The Morgan fingerprint density at radius 3 is 2.62 bits per heavy atom. The van der Waals surface area contributed by atoms with Crippen molar-refractivity contribution in [3.8, 4) is 17.4 Å². The zero-order chi connectivity index (χ0) is 15.2. The molecule has 0 saturated heterocycles. The Hall–Kier alpha value is -2.56. The molecule has 5 heteroatoms. The minimum absolute atomic E-state index is 0.0131. The lowest BCUT2D eigenvalue weighted by Gasteiger charge is -2.12. The topological polar surface area (TPSA) is 81.2 Å². The molecule has 0 spiro atoms. The van der Waals surface area contributed by atoms with E-state index in [0.717, 1.165) is 12.1 Å². The number of amidine groups is 1. The van der Waals surface area contributed by atoms with E-state index in [-0.39, 0.29) is 5.84 Å². The Bertz CT molecular complexity index is 641. The maximum atomic E-state index is 7.51. The van der Waals surface area contributed by atoms with Gasteiger partial charge in [0.1, 0.15) is 5.84 Å². The van der Waals surface area contributed by atoms with Gasteiger partial charge in [0, 0.05) is 17.3 Å². The van der Waals surface area contributed by atoms with E-state index in [1.54, 1.807) is 12.1 Å². The van der Waals surface area contributed by atoms with E-state index >= 15 is 0 Å². The van der Waals surface area contributed by atoms with Crippen molar-refractivity contribution in [1.82, 2.24) is 4.98 Å². The van der Waals surface area contributed by atoms with Crippen LogP contribution in [-0.4, -0.2) is 17.4 Å². The van der Waals surface area contributed by atoms with E-state index in [0.29, 0.717) is 29.5 Å². The van der Waals surface area contributed by atoms with Crippen molar-refractivity contribution < 1.29 is 9.47 Å². The molecule has 0 fully saturated rings. The van der Waals surface area contributed by atoms with Crippen LogP contribution in [0.5, 0.6) is 17.4 Å². The van der Waals surface area contributed by atoms with E-state index in [1.807, 2.05) is 38.1 Å². The van der Waals surface area contributed by atoms with Gasteiger partial charge in [0.15, 0.2) is 11.5 Å². The Morgan fingerprint density at radius 1 is 1.24 bits per heavy atom. The molecular formula is C16H19N3O2. The zero-order valence-corrected chi connectivity index (χ0v) is 12.2. The van der Waals surface area contributed by atoms with E-state index in [1.165, 1.54) is 0 Å². The van der Waals surface area contributed by atoms with Gasteiger partial charge < -0.3 is 15.2 Å². The third-order valence-electron chi connectivity index (χ3n) is 2.77. The van der Waals surface area contributed by atoms with Crippen LogP contribution in [-0.2, 0) is 0 Å². The van der Waals surface area contributed by atoms with Crippen LogP contribution >= 0.6 is 0 Å². The fourth-order valence-electron chi connectivity index (χ4n) is 1.82. The molecule has 2 aromatic rings. The van der Waals surface area contributed by atoms with Crippen molar-refractivity contribution in [2.75, 3.05) is 6.61 Å². The van der Waals surface area contributed by atoms with Gasteiger partial charge in [-0.15, -0.1) is 0 Å². The van der Waals surface area contributed by atoms with E-state index < -0.39 is 0 Å². The average molecular weight is 285 g/mol. The van der Waals surface area contributed by atoms with Gasteiger partial charge in [0.25, 0.3) is 0 Å². The summed E-state index contributed by atoms with van der Waals surface area (Å²) in [6.07, 6.45) is 0.922. The van der Waals surface area contributed by atoms with E-state index in [9.17, 15) is 0 Å². The predicted molar refractivity (Wildman–Crippen MR) is 82.3 cm³/mol. The lowest BCUT2D eigenvalue weighted by atomic mass is 10.2. The van der Waals surface area contributed by atoms with Crippen LogP contribution in [0.3, 0.4) is 0 Å². The summed E-state index contributed by atoms with van der Waals surface area (Å²) >= 11 is 0. The summed E-state index contributed by atoms with van der Waals surface area (Å²) in [7, 11) is 0. The number of ether oxygens (including phenoxy) is 2. The molecule has 0 unspecified atom stereocenters. The number of hydrogen-bond donors (Lipinski definition) is 2. The molecule has 110 valence electrons. The van der Waals surface area contributed by atoms with Crippen molar-refractivity contribution in [3.63, 3.8) is 0 Å². The Morgan fingerprint density at radius 2 is 1.95 bits per heavy atom. The summed E-state index contributed by atoms with van der Waals surface area (Å²) in [6.45, 7) is 4.50. The van der Waals surface area contributed by atoms with Crippen LogP contribution in [0.25, 0.3) is 0 Å². The minimum atomic E-state index is -0.0131. The number of para-hydroxylation sites is 2. The molecule has 0 amide bonds. The zero-order valence-electron chi connectivity index (χ0n) is 12.2. The molecule has 0 bridgehead atoms. The lowest BCUT2D eigenvalue weighted by molar-refractivity contribution is 0.300. The standard InChI is InChI=1S/C16H19N3O2/c1-3-8-20-13-6-4-5-7-14(13)21-15-10-12(16(17)18)9-11(2)19-15/h4-7,9-10H,3,8H2,1-2H3,(H3,17,18). The van der Waals surface area contributed by atoms with E-state index in [2.05, 4.69) is 4.98 Å². The molecule has 0 atom stereocenters. The first-order valence-electron chi connectivity index (χ1n) is 6.83. The molecule has 2 rings (SSSR count). The van der Waals surface area contributed by atoms with Crippen LogP contribution in [0, 0.1) is 12.3 Å². The van der Waals surface area contributed by atoms with Gasteiger partial charge >= 0.3 is 0 Å². The smallest absolute Gasteiger partial charge is 0.220 e. The van der Waals surface area contributed by atoms with Crippen molar-refractivity contribution in [1.29, 1.82) is 5.41 Å². The fourth-order valence-corrected chi connectivity index (χ4v) is 1.82. The summed E-state index contributed by atoms with van der Waals surface area (Å²) in [5.41, 5.74) is 6.84. The fraction of sp³-hybridized carbons (Fsp3) is 0.250. The highest BCUT2D eigenvalue weighted by molar-refractivity contribution is 5.95. The number of benzene rings is 1. The summed E-state index contributed by atoms with van der Waals surface area (Å²) in [5.74, 6) is 1.65. The van der Waals surface area contributed by atoms with Gasteiger partial charge in [0.2, 0.25) is 5.88 Å². The molecule has 1 aromatic carbocycles. The minimum Gasteiger partial charge on any atom is -0.490 e. The van der Waals surface area contributed by atoms with Gasteiger partial charge in [0.05, 0.1) is 6.61 Å². The highest BCUT2D eigenvalue weighted by Crippen LogP contribution is 2.31. The van der Waals surface area contributed by atoms with E-state index in [4.69, 9.17) is 20.6 Å². The van der Waals surface area contributed by atoms with Crippen molar-refractivity contribution in [3.05, 3.63) is 47.7 Å². The highest BCUT2D eigenvalue weighted by atomic mass is 16.5. The summed E-state index contributed by atoms with van der Waals surface area (Å²) in [5, 5.41) is 7.51. The van der Waals surface area contributed by atoms with Gasteiger partial charge in [-0.05, 0) is 31.5 Å². The Labute approximate surface area is 124 Å². The second kappa shape index (κ2) is 6.74. The monoisotopic (exact) mass is 285 g/mol. The molecule has 0 aliphatic rings. The number of aryl methyl sites for hydroxylation is 1. The number of nitrogen functional groups attached to an aromatic ring is 1. The quantitative estimate of drug-likeness (QED) is 0.630. The van der Waals surface area contributed by atoms with Crippen LogP contribution in [0.2, 0.25) is 0 Å². The largest absolute Gasteiger partial charge is 0.490 e. The first-order chi connectivity index (χ1) is 10.1. The number of aromatic nitrogens is 1. The van der Waals surface area contributed by atoms with Crippen molar-refractivity contribution in [2.45, 2.75) is 20.3 Å². The molecule has 1 heterocycles. The van der Waals surface area contributed by atoms with Crippen LogP contribution in [0.15, 0.2) is 36.4 Å². The maximum absolute atomic E-state index is 7.51. The normalized spacial score (nSPS) is 10.2. The summed E-state index contributed by atoms with van der Waals surface area (Å²) in [4.78, 5) is 4.30. The average Bonchev–Trinajstić information content (AvgIpc) is 2.45. The van der Waals surface area contributed by atoms with Crippen LogP contribution < -0.4 is 15.2 Å².